The van der Waals surface area contributed by atoms with E-state index in [-0.39, 0.29) is 16.9 Å². The zero-order valence-corrected chi connectivity index (χ0v) is 13.2. The van der Waals surface area contributed by atoms with E-state index in [2.05, 4.69) is 4.72 Å². The van der Waals surface area contributed by atoms with Crippen molar-refractivity contribution in [1.29, 1.82) is 0 Å². The van der Waals surface area contributed by atoms with Gasteiger partial charge < -0.3 is 10.2 Å². The van der Waals surface area contributed by atoms with Gasteiger partial charge in [-0.1, -0.05) is 32.9 Å². The smallest absolute Gasteiger partial charge is 0.240 e. The van der Waals surface area contributed by atoms with E-state index < -0.39 is 22.2 Å². The molecular formula is C14H23NO4S. The molecule has 0 saturated heterocycles. The highest BCUT2D eigenvalue weighted by molar-refractivity contribution is 7.89. The van der Waals surface area contributed by atoms with Gasteiger partial charge in [-0.2, -0.15) is 0 Å². The molecule has 20 heavy (non-hydrogen) atoms. The Bertz CT molecular complexity index is 542. The maximum Gasteiger partial charge on any atom is 0.240 e. The Morgan fingerprint density at radius 2 is 1.60 bits per heavy atom. The van der Waals surface area contributed by atoms with Gasteiger partial charge in [0.1, 0.15) is 0 Å². The topological polar surface area (TPSA) is 86.6 Å². The average molecular weight is 301 g/mol. The fourth-order valence-electron chi connectivity index (χ4n) is 1.52. The Labute approximate surface area is 120 Å². The van der Waals surface area contributed by atoms with Crippen LogP contribution in [0.4, 0.5) is 0 Å². The predicted octanol–water partition coefficient (Wildman–Crippen LogP) is 1.01. The number of aliphatic hydroxyl groups is 2. The predicted molar refractivity (Wildman–Crippen MR) is 78.0 cm³/mol. The minimum atomic E-state index is -3.69. The summed E-state index contributed by atoms with van der Waals surface area (Å²) in [6, 6.07) is 6.63. The van der Waals surface area contributed by atoms with Crippen LogP contribution in [0, 0.1) is 0 Å². The second-order valence-electron chi connectivity index (χ2n) is 6.25. The number of aliphatic hydroxyl groups excluding tert-OH is 1. The van der Waals surface area contributed by atoms with Gasteiger partial charge in [-0.05, 0) is 30.0 Å². The lowest BCUT2D eigenvalue weighted by molar-refractivity contribution is 0.00681. The molecule has 0 spiro atoms. The number of hydrogen-bond donors (Lipinski definition) is 3. The molecule has 1 rings (SSSR count). The Hall–Kier alpha value is -0.950. The number of benzene rings is 1. The van der Waals surface area contributed by atoms with Crippen LogP contribution in [0.3, 0.4) is 0 Å². The molecule has 1 aromatic rings. The molecule has 5 nitrogen and oxygen atoms in total. The Morgan fingerprint density at radius 1 is 1.10 bits per heavy atom. The summed E-state index contributed by atoms with van der Waals surface area (Å²) in [5.74, 6) is 0. The molecule has 0 aliphatic heterocycles. The van der Waals surface area contributed by atoms with Crippen molar-refractivity contribution in [2.24, 2.45) is 0 Å². The van der Waals surface area contributed by atoms with E-state index in [9.17, 15) is 13.5 Å². The van der Waals surface area contributed by atoms with Crippen LogP contribution in [0.2, 0.25) is 0 Å². The van der Waals surface area contributed by atoms with Crippen LogP contribution in [0.1, 0.15) is 33.3 Å². The van der Waals surface area contributed by atoms with E-state index in [0.29, 0.717) is 0 Å². The summed E-state index contributed by atoms with van der Waals surface area (Å²) in [5.41, 5.74) is -0.479. The van der Waals surface area contributed by atoms with Gasteiger partial charge in [0.15, 0.2) is 0 Å². The summed E-state index contributed by atoms with van der Waals surface area (Å²) in [7, 11) is -3.69. The van der Waals surface area contributed by atoms with Gasteiger partial charge in [0.25, 0.3) is 0 Å². The van der Waals surface area contributed by atoms with Crippen molar-refractivity contribution in [3.05, 3.63) is 29.8 Å². The van der Waals surface area contributed by atoms with E-state index in [1.165, 1.54) is 19.1 Å². The highest BCUT2D eigenvalue weighted by atomic mass is 32.2. The Morgan fingerprint density at radius 3 is 2.00 bits per heavy atom. The fourth-order valence-corrected chi connectivity index (χ4v) is 2.69. The quantitative estimate of drug-likeness (QED) is 0.757. The molecule has 1 atom stereocenters. The molecule has 0 radical (unpaired) electrons. The van der Waals surface area contributed by atoms with Crippen LogP contribution in [-0.4, -0.2) is 37.4 Å². The number of sulfonamides is 1. The third kappa shape index (κ3) is 4.56. The number of rotatable bonds is 5. The summed E-state index contributed by atoms with van der Waals surface area (Å²) in [4.78, 5) is 0.138. The van der Waals surface area contributed by atoms with Crippen LogP contribution in [0.15, 0.2) is 29.2 Å². The lowest BCUT2D eigenvalue weighted by Gasteiger charge is -2.21. The van der Waals surface area contributed by atoms with E-state index in [0.717, 1.165) is 5.56 Å². The van der Waals surface area contributed by atoms with Gasteiger partial charge >= 0.3 is 0 Å². The Balaban J connectivity index is 2.89. The molecule has 0 aliphatic carbocycles. The van der Waals surface area contributed by atoms with E-state index in [4.69, 9.17) is 5.11 Å². The summed E-state index contributed by atoms with van der Waals surface area (Å²) in [5, 5.41) is 18.5. The first-order valence-corrected chi connectivity index (χ1v) is 7.90. The summed E-state index contributed by atoms with van der Waals surface area (Å²) < 4.78 is 26.4. The third-order valence-electron chi connectivity index (χ3n) is 3.01. The van der Waals surface area contributed by atoms with Crippen LogP contribution >= 0.6 is 0 Å². The van der Waals surface area contributed by atoms with Crippen molar-refractivity contribution in [2.75, 3.05) is 13.2 Å². The fraction of sp³-hybridized carbons (Fsp3) is 0.571. The standard InChI is InChI=1S/C14H23NO4S/c1-13(2,3)11-5-7-12(8-6-11)20(18,19)15-9-14(4,17)10-16/h5-8,15-17H,9-10H2,1-4H3. The van der Waals surface area contributed by atoms with Crippen molar-refractivity contribution in [3.63, 3.8) is 0 Å². The maximum atomic E-state index is 12.1. The lowest BCUT2D eigenvalue weighted by atomic mass is 9.87. The Kier molecular flexibility index (Phi) is 4.97. The van der Waals surface area contributed by atoms with Crippen LogP contribution < -0.4 is 4.72 Å². The van der Waals surface area contributed by atoms with Crippen LogP contribution in [0.25, 0.3) is 0 Å². The minimum Gasteiger partial charge on any atom is -0.393 e. The van der Waals surface area contributed by atoms with Crippen LogP contribution in [0.5, 0.6) is 0 Å². The molecule has 0 aliphatic rings. The van der Waals surface area contributed by atoms with Crippen molar-refractivity contribution in [1.82, 2.24) is 4.72 Å². The van der Waals surface area contributed by atoms with Gasteiger partial charge in [0.2, 0.25) is 10.0 Å². The first-order chi connectivity index (χ1) is 8.98. The average Bonchev–Trinajstić information content (AvgIpc) is 2.36. The third-order valence-corrected chi connectivity index (χ3v) is 4.43. The largest absolute Gasteiger partial charge is 0.393 e. The van der Waals surface area contributed by atoms with Crippen molar-refractivity contribution >= 4 is 10.0 Å². The molecule has 0 aromatic heterocycles. The summed E-state index contributed by atoms with van der Waals surface area (Å²) >= 11 is 0. The van der Waals surface area contributed by atoms with Gasteiger partial charge in [-0.25, -0.2) is 13.1 Å². The van der Waals surface area contributed by atoms with Gasteiger partial charge in [-0.15, -0.1) is 0 Å². The SMILES string of the molecule is CC(O)(CO)CNS(=O)(=O)c1ccc(C(C)(C)C)cc1. The first kappa shape index (κ1) is 17.1. The van der Waals surface area contributed by atoms with Gasteiger partial charge in [0.05, 0.1) is 17.1 Å². The highest BCUT2D eigenvalue weighted by Crippen LogP contribution is 2.23. The lowest BCUT2D eigenvalue weighted by Crippen LogP contribution is -2.43. The molecule has 0 saturated carbocycles. The van der Waals surface area contributed by atoms with Crippen molar-refractivity contribution < 1.29 is 18.6 Å². The molecule has 3 N–H and O–H groups in total. The monoisotopic (exact) mass is 301 g/mol. The van der Waals surface area contributed by atoms with E-state index in [1.807, 2.05) is 20.8 Å². The second kappa shape index (κ2) is 5.81. The van der Waals surface area contributed by atoms with Gasteiger partial charge in [-0.3, -0.25) is 0 Å². The van der Waals surface area contributed by atoms with Crippen molar-refractivity contribution in [3.8, 4) is 0 Å². The number of hydrogen-bond acceptors (Lipinski definition) is 4. The van der Waals surface area contributed by atoms with Crippen molar-refractivity contribution in [2.45, 2.75) is 43.6 Å². The maximum absolute atomic E-state index is 12.1. The first-order valence-electron chi connectivity index (χ1n) is 6.41. The molecule has 0 fully saturated rings. The van der Waals surface area contributed by atoms with E-state index in [1.54, 1.807) is 12.1 Å². The summed E-state index contributed by atoms with van der Waals surface area (Å²) in [6.45, 7) is 6.75. The molecule has 0 heterocycles. The molecular weight excluding hydrogens is 278 g/mol. The van der Waals surface area contributed by atoms with Gasteiger partial charge in [0, 0.05) is 6.54 Å². The second-order valence-corrected chi connectivity index (χ2v) is 8.02. The number of nitrogens with one attached hydrogen (secondary N) is 1. The molecule has 114 valence electrons. The zero-order valence-electron chi connectivity index (χ0n) is 12.3. The zero-order chi connectivity index (χ0) is 15.6. The summed E-state index contributed by atoms with van der Waals surface area (Å²) in [6.07, 6.45) is 0. The molecule has 1 unspecified atom stereocenters. The minimum absolute atomic E-state index is 0.0454. The normalized spacial score (nSPS) is 15.9. The highest BCUT2D eigenvalue weighted by Gasteiger charge is 2.23. The molecule has 0 bridgehead atoms. The molecule has 1 aromatic carbocycles. The van der Waals surface area contributed by atoms with E-state index >= 15 is 0 Å². The molecule has 6 heteroatoms. The molecule has 0 amide bonds. The van der Waals surface area contributed by atoms with Crippen LogP contribution in [-0.2, 0) is 15.4 Å².